The van der Waals surface area contributed by atoms with Gasteiger partial charge in [0.15, 0.2) is 0 Å². The van der Waals surface area contributed by atoms with Crippen LogP contribution in [0.1, 0.15) is 51.4 Å². The smallest absolute Gasteiger partial charge is 0.304 e. The lowest BCUT2D eigenvalue weighted by Crippen LogP contribution is -2.29. The van der Waals surface area contributed by atoms with Gasteiger partial charge in [-0.1, -0.05) is 12.8 Å². The molecule has 0 aliphatic heterocycles. The van der Waals surface area contributed by atoms with Crippen molar-refractivity contribution in [3.05, 3.63) is 0 Å². The first-order valence-corrected chi connectivity index (χ1v) is 11.1. The molecule has 0 radical (unpaired) electrons. The third-order valence-corrected chi connectivity index (χ3v) is 4.40. The van der Waals surface area contributed by atoms with E-state index in [0.29, 0.717) is 13.1 Å². The number of aliphatic carboxylic acids is 2. The fourth-order valence-corrected chi connectivity index (χ4v) is 2.72. The number of nitrogens with one attached hydrogen (secondary N) is 5. The van der Waals surface area contributed by atoms with Crippen LogP contribution in [0.2, 0.25) is 0 Å². The van der Waals surface area contributed by atoms with Crippen molar-refractivity contribution in [2.75, 3.05) is 65.4 Å². The topological polar surface area (TPSA) is 135 Å². The molecule has 9 nitrogen and oxygen atoms in total. The normalized spacial score (nSPS) is 11.0. The van der Waals surface area contributed by atoms with Crippen LogP contribution in [0.5, 0.6) is 0 Å². The summed E-state index contributed by atoms with van der Waals surface area (Å²) in [5, 5.41) is 33.4. The minimum absolute atomic E-state index is 0.180. The Labute approximate surface area is 175 Å². The van der Waals surface area contributed by atoms with Crippen LogP contribution in [0.4, 0.5) is 0 Å². The molecule has 0 aromatic heterocycles. The van der Waals surface area contributed by atoms with E-state index in [0.717, 1.165) is 52.4 Å². The van der Waals surface area contributed by atoms with Crippen LogP contribution in [0, 0.1) is 0 Å². The second-order valence-corrected chi connectivity index (χ2v) is 7.16. The summed E-state index contributed by atoms with van der Waals surface area (Å²) in [6.07, 6.45) is 7.55. The van der Waals surface area contributed by atoms with Gasteiger partial charge in [0.05, 0.1) is 12.8 Å². The van der Waals surface area contributed by atoms with Crippen molar-refractivity contribution < 1.29 is 19.8 Å². The molecule has 29 heavy (non-hydrogen) atoms. The maximum Gasteiger partial charge on any atom is 0.304 e. The van der Waals surface area contributed by atoms with Gasteiger partial charge in [-0.05, 0) is 51.9 Å². The summed E-state index contributed by atoms with van der Waals surface area (Å²) in [6, 6.07) is 0. The highest BCUT2D eigenvalue weighted by atomic mass is 16.4. The summed E-state index contributed by atoms with van der Waals surface area (Å²) in [5.74, 6) is -1.51. The molecular formula is C20H43N5O4. The number of rotatable bonds is 24. The first-order valence-electron chi connectivity index (χ1n) is 11.1. The van der Waals surface area contributed by atoms with E-state index >= 15 is 0 Å². The SMILES string of the molecule is O=C(O)CCNCCNCCCCCNCCCCCNCCNCCC(=O)O. The molecule has 0 amide bonds. The monoisotopic (exact) mass is 417 g/mol. The molecule has 172 valence electrons. The Morgan fingerprint density at radius 3 is 1.00 bits per heavy atom. The van der Waals surface area contributed by atoms with Crippen LogP contribution in [0.25, 0.3) is 0 Å². The quantitative estimate of drug-likeness (QED) is 0.110. The number of carboxylic acid groups (broad SMARTS) is 2. The van der Waals surface area contributed by atoms with E-state index in [4.69, 9.17) is 10.2 Å². The molecule has 7 N–H and O–H groups in total. The van der Waals surface area contributed by atoms with Crippen molar-refractivity contribution in [3.8, 4) is 0 Å². The fraction of sp³-hybridized carbons (Fsp3) is 0.900. The number of carboxylic acids is 2. The van der Waals surface area contributed by atoms with E-state index in [1.54, 1.807) is 0 Å². The first kappa shape index (κ1) is 27.7. The van der Waals surface area contributed by atoms with Gasteiger partial charge in [0.1, 0.15) is 0 Å². The van der Waals surface area contributed by atoms with Crippen LogP contribution in [0.15, 0.2) is 0 Å². The molecule has 0 rings (SSSR count). The molecule has 0 aromatic rings. The molecule has 0 aliphatic rings. The van der Waals surface area contributed by atoms with Gasteiger partial charge in [0, 0.05) is 39.3 Å². The second-order valence-electron chi connectivity index (χ2n) is 7.16. The van der Waals surface area contributed by atoms with Crippen molar-refractivity contribution >= 4 is 11.9 Å². The summed E-state index contributed by atoms with van der Waals surface area (Å²) in [4.78, 5) is 20.7. The summed E-state index contributed by atoms with van der Waals surface area (Å²) in [7, 11) is 0. The van der Waals surface area contributed by atoms with Gasteiger partial charge >= 0.3 is 11.9 Å². The van der Waals surface area contributed by atoms with Crippen LogP contribution in [-0.4, -0.2) is 87.6 Å². The standard InChI is InChI=1S/C20H43N5O4/c26-19(27)7-13-24-17-15-22-11-5-1-3-9-21-10-4-2-6-12-23-16-18-25-14-8-20(28)29/h21-25H,1-18H2,(H,26,27)(H,28,29). The molecule has 0 spiro atoms. The van der Waals surface area contributed by atoms with E-state index in [-0.39, 0.29) is 12.8 Å². The highest BCUT2D eigenvalue weighted by Gasteiger charge is 1.96. The van der Waals surface area contributed by atoms with Crippen LogP contribution in [-0.2, 0) is 9.59 Å². The minimum Gasteiger partial charge on any atom is -0.481 e. The lowest BCUT2D eigenvalue weighted by molar-refractivity contribution is -0.137. The van der Waals surface area contributed by atoms with Gasteiger partial charge in [0.25, 0.3) is 0 Å². The van der Waals surface area contributed by atoms with E-state index < -0.39 is 11.9 Å². The van der Waals surface area contributed by atoms with Crippen LogP contribution >= 0.6 is 0 Å². The molecular weight excluding hydrogens is 374 g/mol. The van der Waals surface area contributed by atoms with Crippen molar-refractivity contribution in [3.63, 3.8) is 0 Å². The Morgan fingerprint density at radius 2 is 0.690 bits per heavy atom. The van der Waals surface area contributed by atoms with Crippen molar-refractivity contribution in [1.29, 1.82) is 0 Å². The molecule has 0 saturated carbocycles. The third kappa shape index (κ3) is 26.7. The molecule has 0 unspecified atom stereocenters. The molecule has 9 heteroatoms. The summed E-state index contributed by atoms with van der Waals surface area (Å²) >= 11 is 0. The highest BCUT2D eigenvalue weighted by Crippen LogP contribution is 1.95. The van der Waals surface area contributed by atoms with E-state index in [9.17, 15) is 9.59 Å². The summed E-state index contributed by atoms with van der Waals surface area (Å²) < 4.78 is 0. The van der Waals surface area contributed by atoms with Crippen molar-refractivity contribution in [2.45, 2.75) is 51.4 Å². The Morgan fingerprint density at radius 1 is 0.414 bits per heavy atom. The number of hydrogen-bond donors (Lipinski definition) is 7. The summed E-state index contributed by atoms with van der Waals surface area (Å²) in [5.41, 5.74) is 0. The average molecular weight is 418 g/mol. The van der Waals surface area contributed by atoms with Gasteiger partial charge in [0.2, 0.25) is 0 Å². The lowest BCUT2D eigenvalue weighted by atomic mass is 10.2. The number of carbonyl (C=O) groups is 2. The predicted molar refractivity (Wildman–Crippen MR) is 117 cm³/mol. The summed E-state index contributed by atoms with van der Waals surface area (Å²) in [6.45, 7) is 8.66. The number of unbranched alkanes of at least 4 members (excludes halogenated alkanes) is 4. The predicted octanol–water partition coefficient (Wildman–Crippen LogP) is 0.224. The average Bonchev–Trinajstić information content (AvgIpc) is 2.68. The second kappa shape index (κ2) is 23.0. The van der Waals surface area contributed by atoms with E-state index in [1.807, 2.05) is 0 Å². The zero-order chi connectivity index (χ0) is 21.4. The maximum absolute atomic E-state index is 10.3. The van der Waals surface area contributed by atoms with Crippen LogP contribution in [0.3, 0.4) is 0 Å². The van der Waals surface area contributed by atoms with Gasteiger partial charge in [-0.3, -0.25) is 9.59 Å². The Hall–Kier alpha value is -1.26. The van der Waals surface area contributed by atoms with E-state index in [1.165, 1.54) is 38.5 Å². The lowest BCUT2D eigenvalue weighted by Gasteiger charge is -2.07. The molecule has 0 saturated heterocycles. The van der Waals surface area contributed by atoms with Crippen LogP contribution < -0.4 is 26.6 Å². The molecule has 0 aliphatic carbocycles. The largest absolute Gasteiger partial charge is 0.481 e. The van der Waals surface area contributed by atoms with Gasteiger partial charge in [-0.25, -0.2) is 0 Å². The molecule has 0 fully saturated rings. The van der Waals surface area contributed by atoms with E-state index in [2.05, 4.69) is 26.6 Å². The molecule has 0 atom stereocenters. The Kier molecular flexibility index (Phi) is 22.0. The molecule has 0 aromatic carbocycles. The first-order chi connectivity index (χ1) is 14.1. The third-order valence-electron chi connectivity index (χ3n) is 4.40. The highest BCUT2D eigenvalue weighted by molar-refractivity contribution is 5.67. The zero-order valence-corrected chi connectivity index (χ0v) is 17.9. The molecule has 0 bridgehead atoms. The van der Waals surface area contributed by atoms with Gasteiger partial charge in [-0.15, -0.1) is 0 Å². The zero-order valence-electron chi connectivity index (χ0n) is 17.9. The number of hydrogen-bond acceptors (Lipinski definition) is 7. The minimum atomic E-state index is -0.757. The van der Waals surface area contributed by atoms with Crippen molar-refractivity contribution in [1.82, 2.24) is 26.6 Å². The molecule has 0 heterocycles. The Balaban J connectivity index is 3.01. The maximum atomic E-state index is 10.3. The van der Waals surface area contributed by atoms with Crippen molar-refractivity contribution in [2.24, 2.45) is 0 Å². The Bertz CT molecular complexity index is 352. The van der Waals surface area contributed by atoms with Gasteiger partial charge in [-0.2, -0.15) is 0 Å². The van der Waals surface area contributed by atoms with Gasteiger partial charge < -0.3 is 36.8 Å². The fourth-order valence-electron chi connectivity index (χ4n) is 2.72.